The van der Waals surface area contributed by atoms with Gasteiger partial charge in [-0.15, -0.1) is 0 Å². The molecule has 0 aliphatic carbocycles. The Morgan fingerprint density at radius 3 is 2.50 bits per heavy atom. The highest BCUT2D eigenvalue weighted by Crippen LogP contribution is 2.34. The molecule has 0 aromatic heterocycles. The molecule has 6 heteroatoms. The molecule has 0 fully saturated rings. The van der Waals surface area contributed by atoms with E-state index in [-0.39, 0.29) is 23.4 Å². The molecule has 0 saturated carbocycles. The summed E-state index contributed by atoms with van der Waals surface area (Å²) in [6, 6.07) is 3.64. The van der Waals surface area contributed by atoms with Crippen LogP contribution in [0.4, 0.5) is 13.2 Å². The summed E-state index contributed by atoms with van der Waals surface area (Å²) in [4.78, 5) is 10.3. The summed E-state index contributed by atoms with van der Waals surface area (Å²) in [5, 5.41) is 8.47. The van der Waals surface area contributed by atoms with Crippen LogP contribution in [-0.4, -0.2) is 11.1 Å². The van der Waals surface area contributed by atoms with Crippen LogP contribution in [0.5, 0.6) is 0 Å². The lowest BCUT2D eigenvalue weighted by atomic mass is 10.0. The summed E-state index contributed by atoms with van der Waals surface area (Å²) >= 11 is 5.55. The van der Waals surface area contributed by atoms with Crippen molar-refractivity contribution in [2.24, 2.45) is 0 Å². The third kappa shape index (κ3) is 4.56. The zero-order valence-corrected chi connectivity index (χ0v) is 10.2. The second-order valence-electron chi connectivity index (χ2n) is 3.90. The summed E-state index contributed by atoms with van der Waals surface area (Å²) in [7, 11) is 0. The quantitative estimate of drug-likeness (QED) is 0.823. The normalized spacial score (nSPS) is 11.6. The zero-order valence-electron chi connectivity index (χ0n) is 9.43. The number of rotatable bonds is 5. The van der Waals surface area contributed by atoms with Gasteiger partial charge in [0.1, 0.15) is 0 Å². The zero-order chi connectivity index (χ0) is 13.8. The predicted molar refractivity (Wildman–Crippen MR) is 61.6 cm³/mol. The number of hydrogen-bond donors (Lipinski definition) is 1. The molecule has 0 atom stereocenters. The number of unbranched alkanes of at least 4 members (excludes halogenated alkanes) is 1. The number of hydrogen-bond acceptors (Lipinski definition) is 1. The van der Waals surface area contributed by atoms with Crippen molar-refractivity contribution in [1.29, 1.82) is 0 Å². The van der Waals surface area contributed by atoms with Crippen molar-refractivity contribution in [3.8, 4) is 0 Å². The van der Waals surface area contributed by atoms with Gasteiger partial charge in [0.2, 0.25) is 0 Å². The lowest BCUT2D eigenvalue weighted by Gasteiger charge is -2.13. The van der Waals surface area contributed by atoms with Crippen LogP contribution in [-0.2, 0) is 17.4 Å². The Morgan fingerprint density at radius 2 is 1.94 bits per heavy atom. The van der Waals surface area contributed by atoms with Crippen LogP contribution < -0.4 is 0 Å². The Balaban J connectivity index is 2.73. The number of aliphatic carboxylic acids is 1. The second-order valence-corrected chi connectivity index (χ2v) is 4.34. The Bertz CT molecular complexity index is 430. The summed E-state index contributed by atoms with van der Waals surface area (Å²) in [6.07, 6.45) is -3.52. The van der Waals surface area contributed by atoms with Crippen LogP contribution in [0.15, 0.2) is 18.2 Å². The van der Waals surface area contributed by atoms with Gasteiger partial charge in [-0.1, -0.05) is 17.7 Å². The van der Waals surface area contributed by atoms with E-state index in [1.54, 1.807) is 0 Å². The fraction of sp³-hybridized carbons (Fsp3) is 0.417. The summed E-state index contributed by atoms with van der Waals surface area (Å²) in [5.74, 6) is -0.942. The van der Waals surface area contributed by atoms with Crippen LogP contribution in [0.1, 0.15) is 30.4 Å². The van der Waals surface area contributed by atoms with E-state index in [0.717, 1.165) is 6.07 Å². The Hall–Kier alpha value is -1.23. The molecule has 0 bridgehead atoms. The van der Waals surface area contributed by atoms with Gasteiger partial charge < -0.3 is 5.11 Å². The van der Waals surface area contributed by atoms with Crippen molar-refractivity contribution in [2.75, 3.05) is 0 Å². The monoisotopic (exact) mass is 280 g/mol. The Labute approximate surface area is 107 Å². The molecule has 1 N–H and O–H groups in total. The molecule has 1 aromatic carbocycles. The van der Waals surface area contributed by atoms with Gasteiger partial charge in [0.05, 0.1) is 5.56 Å². The number of carbonyl (C=O) groups is 1. The number of benzene rings is 1. The summed E-state index contributed by atoms with van der Waals surface area (Å²) in [6.45, 7) is 0. The van der Waals surface area contributed by atoms with Gasteiger partial charge in [0.25, 0.3) is 0 Å². The number of halogens is 4. The van der Waals surface area contributed by atoms with Crippen molar-refractivity contribution >= 4 is 17.6 Å². The summed E-state index contributed by atoms with van der Waals surface area (Å²) < 4.78 is 38.1. The van der Waals surface area contributed by atoms with Crippen LogP contribution in [0.3, 0.4) is 0 Å². The maximum Gasteiger partial charge on any atom is 0.416 e. The standard InChI is InChI=1S/C12H12ClF3O2/c13-9-6-5-8(3-1-2-4-11(17)18)10(7-9)12(14,15)16/h5-7H,1-4H2,(H,17,18). The molecule has 0 aliphatic rings. The first-order valence-corrected chi connectivity index (χ1v) is 5.76. The molecule has 0 amide bonds. The van der Waals surface area contributed by atoms with E-state index < -0.39 is 17.7 Å². The lowest BCUT2D eigenvalue weighted by molar-refractivity contribution is -0.139. The topological polar surface area (TPSA) is 37.3 Å². The molecule has 0 saturated heterocycles. The van der Waals surface area contributed by atoms with E-state index in [2.05, 4.69) is 0 Å². The van der Waals surface area contributed by atoms with Crippen molar-refractivity contribution in [2.45, 2.75) is 31.9 Å². The van der Waals surface area contributed by atoms with Gasteiger partial charge in [0.15, 0.2) is 0 Å². The van der Waals surface area contributed by atoms with E-state index in [9.17, 15) is 18.0 Å². The number of aryl methyl sites for hydroxylation is 1. The van der Waals surface area contributed by atoms with Gasteiger partial charge in [-0.05, 0) is 37.0 Å². The smallest absolute Gasteiger partial charge is 0.416 e. The van der Waals surface area contributed by atoms with Crippen LogP contribution in [0.25, 0.3) is 0 Å². The molecular formula is C12H12ClF3O2. The average molecular weight is 281 g/mol. The fourth-order valence-corrected chi connectivity index (χ4v) is 1.79. The van der Waals surface area contributed by atoms with Crippen LogP contribution in [0.2, 0.25) is 5.02 Å². The average Bonchev–Trinajstić information content (AvgIpc) is 2.24. The minimum absolute atomic E-state index is 0.0328. The highest BCUT2D eigenvalue weighted by Gasteiger charge is 2.33. The third-order valence-electron chi connectivity index (χ3n) is 2.46. The fourth-order valence-electron chi connectivity index (χ4n) is 1.62. The highest BCUT2D eigenvalue weighted by molar-refractivity contribution is 6.30. The van der Waals surface area contributed by atoms with Gasteiger partial charge in [-0.2, -0.15) is 13.2 Å². The second kappa shape index (κ2) is 6.09. The molecule has 0 aliphatic heterocycles. The van der Waals surface area contributed by atoms with Crippen molar-refractivity contribution < 1.29 is 23.1 Å². The first kappa shape index (κ1) is 14.8. The molecule has 2 nitrogen and oxygen atoms in total. The van der Waals surface area contributed by atoms with E-state index in [0.29, 0.717) is 12.8 Å². The van der Waals surface area contributed by atoms with E-state index in [4.69, 9.17) is 16.7 Å². The number of carboxylic acid groups (broad SMARTS) is 1. The molecule has 1 aromatic rings. The molecular weight excluding hydrogens is 269 g/mol. The van der Waals surface area contributed by atoms with Crippen LogP contribution in [0, 0.1) is 0 Å². The van der Waals surface area contributed by atoms with E-state index in [1.807, 2.05) is 0 Å². The first-order chi connectivity index (χ1) is 8.30. The minimum atomic E-state index is -4.44. The molecule has 18 heavy (non-hydrogen) atoms. The summed E-state index contributed by atoms with van der Waals surface area (Å²) in [5.41, 5.74) is -0.595. The van der Waals surface area contributed by atoms with Crippen molar-refractivity contribution in [1.82, 2.24) is 0 Å². The molecule has 0 radical (unpaired) electrons. The maximum atomic E-state index is 12.7. The molecule has 1 rings (SSSR count). The molecule has 0 spiro atoms. The highest BCUT2D eigenvalue weighted by atomic mass is 35.5. The minimum Gasteiger partial charge on any atom is -0.481 e. The first-order valence-electron chi connectivity index (χ1n) is 5.38. The lowest BCUT2D eigenvalue weighted by Crippen LogP contribution is -2.09. The van der Waals surface area contributed by atoms with Gasteiger partial charge in [-0.25, -0.2) is 0 Å². The molecule has 100 valence electrons. The van der Waals surface area contributed by atoms with E-state index >= 15 is 0 Å². The predicted octanol–water partition coefficient (Wildman–Crippen LogP) is 4.16. The number of carboxylic acids is 1. The van der Waals surface area contributed by atoms with Gasteiger partial charge in [0, 0.05) is 11.4 Å². The van der Waals surface area contributed by atoms with Crippen molar-refractivity contribution in [3.63, 3.8) is 0 Å². The molecule has 0 heterocycles. The van der Waals surface area contributed by atoms with Crippen LogP contribution >= 0.6 is 11.6 Å². The van der Waals surface area contributed by atoms with Gasteiger partial charge in [-0.3, -0.25) is 4.79 Å². The third-order valence-corrected chi connectivity index (χ3v) is 2.70. The molecule has 0 unspecified atom stereocenters. The van der Waals surface area contributed by atoms with E-state index in [1.165, 1.54) is 12.1 Å². The Kier molecular flexibility index (Phi) is 5.02. The van der Waals surface area contributed by atoms with Gasteiger partial charge >= 0.3 is 12.1 Å². The SMILES string of the molecule is O=C(O)CCCCc1ccc(Cl)cc1C(F)(F)F. The largest absolute Gasteiger partial charge is 0.481 e. The Morgan fingerprint density at radius 1 is 1.28 bits per heavy atom. The number of alkyl halides is 3. The maximum absolute atomic E-state index is 12.7. The van der Waals surface area contributed by atoms with Crippen molar-refractivity contribution in [3.05, 3.63) is 34.3 Å².